The van der Waals surface area contributed by atoms with Crippen molar-refractivity contribution >= 4 is 40.1 Å². The zero-order chi connectivity index (χ0) is 24.0. The van der Waals surface area contributed by atoms with Gasteiger partial charge >= 0.3 is 5.97 Å². The Morgan fingerprint density at radius 3 is 2.58 bits per heavy atom. The maximum Gasteiger partial charge on any atom is 0.350 e. The molecule has 0 saturated carbocycles. The molecule has 1 aromatic carbocycles. The number of rotatable bonds is 10. The van der Waals surface area contributed by atoms with E-state index in [0.717, 1.165) is 17.1 Å². The number of nitrogens with zero attached hydrogens (tertiary/aromatic N) is 4. The van der Waals surface area contributed by atoms with Gasteiger partial charge in [-0.05, 0) is 45.0 Å². The van der Waals surface area contributed by atoms with E-state index in [1.54, 1.807) is 25.5 Å². The van der Waals surface area contributed by atoms with Gasteiger partial charge in [0.05, 0.1) is 25.2 Å². The van der Waals surface area contributed by atoms with Crippen molar-refractivity contribution in [3.05, 3.63) is 40.7 Å². The van der Waals surface area contributed by atoms with Crippen LogP contribution in [-0.2, 0) is 16.6 Å². The number of nitrogens with one attached hydrogen (secondary N) is 1. The van der Waals surface area contributed by atoms with E-state index in [1.165, 1.54) is 11.8 Å². The smallest absolute Gasteiger partial charge is 0.350 e. The molecule has 0 aliphatic carbocycles. The maximum atomic E-state index is 12.4. The van der Waals surface area contributed by atoms with E-state index in [-0.39, 0.29) is 24.4 Å². The van der Waals surface area contributed by atoms with Crippen molar-refractivity contribution in [1.29, 1.82) is 0 Å². The Morgan fingerprint density at radius 1 is 1.21 bits per heavy atom. The second-order valence-corrected chi connectivity index (χ2v) is 8.77. The van der Waals surface area contributed by atoms with Gasteiger partial charge in [-0.25, -0.2) is 9.78 Å². The molecular formula is C21H25N5O5S2. The molecule has 10 nitrogen and oxygen atoms in total. The van der Waals surface area contributed by atoms with Crippen molar-refractivity contribution < 1.29 is 23.8 Å². The van der Waals surface area contributed by atoms with Crippen LogP contribution in [0.5, 0.6) is 11.5 Å². The zero-order valence-corrected chi connectivity index (χ0v) is 20.6. The predicted molar refractivity (Wildman–Crippen MR) is 125 cm³/mol. The molecule has 0 aliphatic rings. The second kappa shape index (κ2) is 11.1. The molecule has 2 heterocycles. The number of hydrogen-bond donors (Lipinski definition) is 1. The molecule has 1 amide bonds. The molecule has 0 saturated heterocycles. The van der Waals surface area contributed by atoms with E-state index >= 15 is 0 Å². The highest BCUT2D eigenvalue weighted by Crippen LogP contribution is 2.26. The number of amides is 1. The fraction of sp³-hybridized carbons (Fsp3) is 0.381. The Morgan fingerprint density at radius 2 is 1.91 bits per heavy atom. The summed E-state index contributed by atoms with van der Waals surface area (Å²) in [6, 6.07) is 7.27. The molecule has 1 atom stereocenters. The number of aryl methyl sites for hydroxylation is 1. The zero-order valence-electron chi connectivity index (χ0n) is 18.9. The number of aromatic nitrogens is 4. The third kappa shape index (κ3) is 6.23. The summed E-state index contributed by atoms with van der Waals surface area (Å²) < 4.78 is 17.9. The van der Waals surface area contributed by atoms with Crippen molar-refractivity contribution in [1.82, 2.24) is 19.7 Å². The SMILES string of the molecule is CCOC(=O)c1sc(NC(=O)CSc2nnc(C(C)Oc3ccc(OC)cc3)n2C)nc1C. The van der Waals surface area contributed by atoms with Crippen molar-refractivity contribution in [2.24, 2.45) is 7.05 Å². The monoisotopic (exact) mass is 491 g/mol. The lowest BCUT2D eigenvalue weighted by Crippen LogP contribution is -2.14. The van der Waals surface area contributed by atoms with Gasteiger partial charge in [0.15, 0.2) is 22.2 Å². The molecule has 2 aromatic heterocycles. The minimum atomic E-state index is -0.444. The topological polar surface area (TPSA) is 117 Å². The molecule has 3 rings (SSSR count). The molecule has 3 aromatic rings. The molecule has 0 radical (unpaired) electrons. The number of hydrogen-bond acceptors (Lipinski definition) is 10. The summed E-state index contributed by atoms with van der Waals surface area (Å²) in [4.78, 5) is 28.9. The summed E-state index contributed by atoms with van der Waals surface area (Å²) in [6.45, 7) is 5.58. The predicted octanol–water partition coefficient (Wildman–Crippen LogP) is 3.64. The summed E-state index contributed by atoms with van der Waals surface area (Å²) in [5, 5.41) is 12.0. The van der Waals surface area contributed by atoms with Crippen LogP contribution in [0.15, 0.2) is 29.4 Å². The lowest BCUT2D eigenvalue weighted by molar-refractivity contribution is -0.113. The molecule has 0 fully saturated rings. The first kappa shape index (κ1) is 24.5. The minimum absolute atomic E-state index is 0.104. The van der Waals surface area contributed by atoms with Crippen LogP contribution in [0.2, 0.25) is 0 Å². The first-order chi connectivity index (χ1) is 15.8. The third-order valence-corrected chi connectivity index (χ3v) is 6.51. The molecular weight excluding hydrogens is 466 g/mol. The highest BCUT2D eigenvalue weighted by Gasteiger charge is 2.20. The molecule has 1 N–H and O–H groups in total. The highest BCUT2D eigenvalue weighted by molar-refractivity contribution is 7.99. The number of methoxy groups -OCH3 is 1. The number of anilines is 1. The average Bonchev–Trinajstić information content (AvgIpc) is 3.34. The molecule has 0 aliphatic heterocycles. The van der Waals surface area contributed by atoms with Crippen LogP contribution in [0.1, 0.15) is 41.1 Å². The Labute approximate surface area is 199 Å². The fourth-order valence-corrected chi connectivity index (χ4v) is 4.43. The lowest BCUT2D eigenvalue weighted by atomic mass is 10.3. The molecule has 1 unspecified atom stereocenters. The molecule has 12 heteroatoms. The number of benzene rings is 1. The van der Waals surface area contributed by atoms with Gasteiger partial charge in [-0.2, -0.15) is 0 Å². The van der Waals surface area contributed by atoms with Crippen molar-refractivity contribution in [3.63, 3.8) is 0 Å². The number of thioether (sulfide) groups is 1. The van der Waals surface area contributed by atoms with E-state index in [0.29, 0.717) is 32.4 Å². The van der Waals surface area contributed by atoms with Gasteiger partial charge in [-0.3, -0.25) is 4.79 Å². The van der Waals surface area contributed by atoms with Gasteiger partial charge in [-0.15, -0.1) is 10.2 Å². The van der Waals surface area contributed by atoms with E-state index in [9.17, 15) is 9.59 Å². The van der Waals surface area contributed by atoms with Crippen LogP contribution in [-0.4, -0.2) is 51.1 Å². The highest BCUT2D eigenvalue weighted by atomic mass is 32.2. The van der Waals surface area contributed by atoms with Gasteiger partial charge in [0.1, 0.15) is 16.4 Å². The Kier molecular flexibility index (Phi) is 8.28. The largest absolute Gasteiger partial charge is 0.497 e. The number of ether oxygens (including phenoxy) is 3. The van der Waals surface area contributed by atoms with Gasteiger partial charge in [0.2, 0.25) is 5.91 Å². The molecule has 0 bridgehead atoms. The van der Waals surface area contributed by atoms with Crippen molar-refractivity contribution in [2.45, 2.75) is 32.0 Å². The molecule has 176 valence electrons. The summed E-state index contributed by atoms with van der Waals surface area (Å²) in [6.07, 6.45) is -0.348. The number of thiazole rings is 1. The van der Waals surface area contributed by atoms with Crippen LogP contribution in [0.3, 0.4) is 0 Å². The quantitative estimate of drug-likeness (QED) is 0.335. The van der Waals surface area contributed by atoms with E-state index < -0.39 is 5.97 Å². The number of carbonyl (C=O) groups excluding carboxylic acids is 2. The summed E-state index contributed by atoms with van der Waals surface area (Å²) in [7, 11) is 3.43. The van der Waals surface area contributed by atoms with Crippen LogP contribution in [0.4, 0.5) is 5.13 Å². The summed E-state index contributed by atoms with van der Waals surface area (Å²) in [5.74, 6) is 1.45. The van der Waals surface area contributed by atoms with E-state index in [1.807, 2.05) is 38.2 Å². The van der Waals surface area contributed by atoms with Crippen LogP contribution in [0, 0.1) is 6.92 Å². The van der Waals surface area contributed by atoms with Gasteiger partial charge < -0.3 is 24.1 Å². The average molecular weight is 492 g/mol. The van der Waals surface area contributed by atoms with Crippen LogP contribution in [0.25, 0.3) is 0 Å². The van der Waals surface area contributed by atoms with Gasteiger partial charge in [-0.1, -0.05) is 23.1 Å². The molecule has 0 spiro atoms. The summed E-state index contributed by atoms with van der Waals surface area (Å²) >= 11 is 2.33. The van der Waals surface area contributed by atoms with E-state index in [2.05, 4.69) is 20.5 Å². The Bertz CT molecular complexity index is 1110. The Hall–Kier alpha value is -3.12. The fourth-order valence-electron chi connectivity index (χ4n) is 2.84. The van der Waals surface area contributed by atoms with Gasteiger partial charge in [0.25, 0.3) is 0 Å². The van der Waals surface area contributed by atoms with Gasteiger partial charge in [0, 0.05) is 7.05 Å². The minimum Gasteiger partial charge on any atom is -0.497 e. The second-order valence-electron chi connectivity index (χ2n) is 6.83. The number of carbonyl (C=O) groups is 2. The van der Waals surface area contributed by atoms with Crippen molar-refractivity contribution in [3.8, 4) is 11.5 Å². The first-order valence-corrected chi connectivity index (χ1v) is 11.9. The molecule has 33 heavy (non-hydrogen) atoms. The lowest BCUT2D eigenvalue weighted by Gasteiger charge is -2.14. The Balaban J connectivity index is 1.56. The third-order valence-electron chi connectivity index (χ3n) is 4.44. The normalized spacial score (nSPS) is 11.7. The van der Waals surface area contributed by atoms with E-state index in [4.69, 9.17) is 14.2 Å². The first-order valence-electron chi connectivity index (χ1n) is 10.1. The van der Waals surface area contributed by atoms with Crippen LogP contribution >= 0.6 is 23.1 Å². The number of esters is 1. The van der Waals surface area contributed by atoms with Crippen molar-refractivity contribution in [2.75, 3.05) is 24.8 Å². The summed E-state index contributed by atoms with van der Waals surface area (Å²) in [5.41, 5.74) is 0.519. The maximum absolute atomic E-state index is 12.4. The van der Waals surface area contributed by atoms with Crippen LogP contribution < -0.4 is 14.8 Å². The standard InChI is InChI=1S/C21H25N5O5S2/c1-6-30-19(28)17-12(2)22-20(33-17)23-16(27)11-32-21-25-24-18(26(21)4)13(3)31-15-9-7-14(29-5)8-10-15/h7-10,13H,6,11H2,1-5H3,(H,22,23,27).